The van der Waals surface area contributed by atoms with Crippen LogP contribution in [-0.4, -0.2) is 47.6 Å². The molecule has 0 fully saturated rings. The number of halogens is 1. The Morgan fingerprint density at radius 3 is 2.46 bits per heavy atom. The number of hydrogen-bond donors (Lipinski definition) is 3. The maximum absolute atomic E-state index is 13.8. The summed E-state index contributed by atoms with van der Waals surface area (Å²) in [7, 11) is 1.17. The lowest BCUT2D eigenvalue weighted by Gasteiger charge is -2.22. The van der Waals surface area contributed by atoms with Crippen molar-refractivity contribution in [3.05, 3.63) is 35.1 Å². The molecule has 2 atom stereocenters. The number of hydrogen-bond acceptors (Lipinski definition) is 6. The molecule has 0 radical (unpaired) electrons. The Bertz CT molecular complexity index is 599. The minimum atomic E-state index is -1.65. The van der Waals surface area contributed by atoms with E-state index >= 15 is 0 Å². The molecule has 0 aliphatic heterocycles. The van der Waals surface area contributed by atoms with Gasteiger partial charge in [0.15, 0.2) is 0 Å². The molecule has 7 nitrogen and oxygen atoms in total. The molecule has 1 aromatic rings. The van der Waals surface area contributed by atoms with Crippen LogP contribution in [0, 0.1) is 5.82 Å². The van der Waals surface area contributed by atoms with E-state index < -0.39 is 35.7 Å². The van der Waals surface area contributed by atoms with Gasteiger partial charge in [0.05, 0.1) is 12.7 Å². The van der Waals surface area contributed by atoms with Gasteiger partial charge in [-0.25, -0.2) is 14.0 Å². The third-order valence-corrected chi connectivity index (χ3v) is 2.95. The van der Waals surface area contributed by atoms with Gasteiger partial charge in [0.2, 0.25) is 0 Å². The molecule has 0 aliphatic rings. The van der Waals surface area contributed by atoms with Crippen LogP contribution in [0.15, 0.2) is 18.2 Å². The number of aliphatic hydroxyl groups is 2. The van der Waals surface area contributed by atoms with E-state index in [1.54, 1.807) is 20.8 Å². The Morgan fingerprint density at radius 2 is 1.92 bits per heavy atom. The van der Waals surface area contributed by atoms with Crippen LogP contribution in [0.1, 0.15) is 42.8 Å². The number of benzene rings is 1. The van der Waals surface area contributed by atoms with Crippen LogP contribution in [-0.2, 0) is 9.47 Å². The van der Waals surface area contributed by atoms with Crippen LogP contribution in [0.5, 0.6) is 0 Å². The first-order chi connectivity index (χ1) is 11.0. The highest BCUT2D eigenvalue weighted by molar-refractivity contribution is 5.89. The lowest BCUT2D eigenvalue weighted by molar-refractivity contribution is 0.0112. The Kier molecular flexibility index (Phi) is 6.68. The van der Waals surface area contributed by atoms with Gasteiger partial charge in [-0.15, -0.1) is 0 Å². The maximum atomic E-state index is 13.8. The molecule has 3 N–H and O–H groups in total. The van der Waals surface area contributed by atoms with Gasteiger partial charge in [0.1, 0.15) is 23.6 Å². The van der Waals surface area contributed by atoms with Crippen molar-refractivity contribution in [3.8, 4) is 0 Å². The molecule has 8 heteroatoms. The predicted molar refractivity (Wildman–Crippen MR) is 82.9 cm³/mol. The van der Waals surface area contributed by atoms with Gasteiger partial charge in [-0.3, -0.25) is 0 Å². The molecule has 0 bridgehead atoms. The minimum Gasteiger partial charge on any atom is -0.465 e. The minimum absolute atomic E-state index is 0.0280. The lowest BCUT2D eigenvalue weighted by Crippen LogP contribution is -2.39. The zero-order chi connectivity index (χ0) is 18.5. The smallest absolute Gasteiger partial charge is 0.407 e. The van der Waals surface area contributed by atoms with E-state index in [4.69, 9.17) is 4.74 Å². The van der Waals surface area contributed by atoms with Gasteiger partial charge in [-0.1, -0.05) is 0 Å². The largest absolute Gasteiger partial charge is 0.465 e. The van der Waals surface area contributed by atoms with E-state index in [1.807, 2.05) is 0 Å². The van der Waals surface area contributed by atoms with Crippen LogP contribution in [0.3, 0.4) is 0 Å². The van der Waals surface area contributed by atoms with E-state index in [-0.39, 0.29) is 17.7 Å². The summed E-state index contributed by atoms with van der Waals surface area (Å²) in [5, 5.41) is 22.3. The fourth-order valence-electron chi connectivity index (χ4n) is 1.84. The summed E-state index contributed by atoms with van der Waals surface area (Å²) in [5.74, 6) is -1.50. The quantitative estimate of drug-likeness (QED) is 0.700. The molecule has 1 rings (SSSR count). The lowest BCUT2D eigenvalue weighted by atomic mass is 10.0. The van der Waals surface area contributed by atoms with E-state index in [0.29, 0.717) is 0 Å². The number of amides is 1. The van der Waals surface area contributed by atoms with Crippen LogP contribution in [0.25, 0.3) is 0 Å². The molecule has 0 heterocycles. The first kappa shape index (κ1) is 19.9. The number of methoxy groups -OCH3 is 1. The third-order valence-electron chi connectivity index (χ3n) is 2.95. The number of esters is 1. The van der Waals surface area contributed by atoms with Crippen molar-refractivity contribution in [1.29, 1.82) is 0 Å². The van der Waals surface area contributed by atoms with Crippen molar-refractivity contribution in [1.82, 2.24) is 5.32 Å². The molecular formula is C16H22FNO6. The van der Waals surface area contributed by atoms with Crippen molar-refractivity contribution in [2.45, 2.75) is 38.6 Å². The summed E-state index contributed by atoms with van der Waals surface area (Å²) in [4.78, 5) is 23.0. The summed E-state index contributed by atoms with van der Waals surface area (Å²) in [5.41, 5.74) is -0.967. The number of nitrogens with one attached hydrogen (secondary N) is 1. The van der Waals surface area contributed by atoms with Gasteiger partial charge >= 0.3 is 12.1 Å². The van der Waals surface area contributed by atoms with Crippen molar-refractivity contribution < 1.29 is 33.7 Å². The topological polar surface area (TPSA) is 105 Å². The Labute approximate surface area is 139 Å². The zero-order valence-electron chi connectivity index (χ0n) is 14.0. The first-order valence-electron chi connectivity index (χ1n) is 7.26. The van der Waals surface area contributed by atoms with Gasteiger partial charge in [-0.2, -0.15) is 0 Å². The van der Waals surface area contributed by atoms with E-state index in [1.165, 1.54) is 13.2 Å². The van der Waals surface area contributed by atoms with Crippen LogP contribution in [0.2, 0.25) is 0 Å². The summed E-state index contributed by atoms with van der Waals surface area (Å²) in [6.45, 7) is 4.65. The van der Waals surface area contributed by atoms with Gasteiger partial charge < -0.3 is 25.0 Å². The Balaban J connectivity index is 2.77. The molecule has 0 spiro atoms. The molecule has 0 saturated carbocycles. The van der Waals surface area contributed by atoms with E-state index in [2.05, 4.69) is 10.1 Å². The average molecular weight is 343 g/mol. The number of aliphatic hydroxyl groups excluding tert-OH is 2. The maximum Gasteiger partial charge on any atom is 0.407 e. The fourth-order valence-corrected chi connectivity index (χ4v) is 1.84. The van der Waals surface area contributed by atoms with Crippen LogP contribution >= 0.6 is 0 Å². The highest BCUT2D eigenvalue weighted by atomic mass is 19.1. The second-order valence-corrected chi connectivity index (χ2v) is 6.12. The zero-order valence-corrected chi connectivity index (χ0v) is 14.0. The molecule has 2 unspecified atom stereocenters. The summed E-state index contributed by atoms with van der Waals surface area (Å²) in [6, 6.07) is 3.27. The Morgan fingerprint density at radius 1 is 1.29 bits per heavy atom. The summed E-state index contributed by atoms with van der Waals surface area (Å²) in [6.07, 6.45) is -3.93. The number of ether oxygens (including phenoxy) is 2. The fraction of sp³-hybridized carbons (Fsp3) is 0.500. The number of carbonyl (C=O) groups excluding carboxylic acids is 2. The Hall–Kier alpha value is -2.19. The SMILES string of the molecule is COC(=O)c1ccc(F)c(C(O)C(O)CNC(=O)OC(C)(C)C)c1. The van der Waals surface area contributed by atoms with Crippen molar-refractivity contribution >= 4 is 12.1 Å². The van der Waals surface area contributed by atoms with Gasteiger partial charge in [-0.05, 0) is 39.0 Å². The highest BCUT2D eigenvalue weighted by Crippen LogP contribution is 2.22. The molecule has 1 aromatic carbocycles. The van der Waals surface area contributed by atoms with Crippen LogP contribution in [0.4, 0.5) is 9.18 Å². The van der Waals surface area contributed by atoms with Gasteiger partial charge in [0, 0.05) is 12.1 Å². The van der Waals surface area contributed by atoms with Crippen molar-refractivity contribution in [3.63, 3.8) is 0 Å². The van der Waals surface area contributed by atoms with E-state index in [9.17, 15) is 24.2 Å². The predicted octanol–water partition coefficient (Wildman–Crippen LogP) is 1.53. The second kappa shape index (κ2) is 8.07. The van der Waals surface area contributed by atoms with Crippen LogP contribution < -0.4 is 5.32 Å². The standard InChI is InChI=1S/C16H22FNO6/c1-16(2,3)24-15(22)18-8-12(19)13(20)10-7-9(14(21)23-4)5-6-11(10)17/h5-7,12-13,19-20H,8H2,1-4H3,(H,18,22). The monoisotopic (exact) mass is 343 g/mol. The first-order valence-corrected chi connectivity index (χ1v) is 7.26. The summed E-state index contributed by atoms with van der Waals surface area (Å²) < 4.78 is 23.3. The van der Waals surface area contributed by atoms with Crippen molar-refractivity contribution in [2.75, 3.05) is 13.7 Å². The van der Waals surface area contributed by atoms with Crippen molar-refractivity contribution in [2.24, 2.45) is 0 Å². The number of alkyl carbamates (subject to hydrolysis) is 1. The molecule has 0 saturated heterocycles. The number of rotatable bonds is 5. The molecule has 1 amide bonds. The molecule has 24 heavy (non-hydrogen) atoms. The molecule has 0 aromatic heterocycles. The second-order valence-electron chi connectivity index (χ2n) is 6.12. The molecule has 0 aliphatic carbocycles. The normalized spacial score (nSPS) is 13.8. The average Bonchev–Trinajstić information content (AvgIpc) is 2.50. The molecule has 134 valence electrons. The van der Waals surface area contributed by atoms with Gasteiger partial charge in [0.25, 0.3) is 0 Å². The highest BCUT2D eigenvalue weighted by Gasteiger charge is 2.24. The third kappa shape index (κ3) is 5.78. The summed E-state index contributed by atoms with van der Waals surface area (Å²) >= 11 is 0. The number of carbonyl (C=O) groups is 2. The molecular weight excluding hydrogens is 321 g/mol. The van der Waals surface area contributed by atoms with E-state index in [0.717, 1.165) is 12.1 Å².